The minimum Gasteiger partial charge on any atom is -0.493 e. The highest BCUT2D eigenvalue weighted by molar-refractivity contribution is 5.93. The molecule has 0 aliphatic carbocycles. The van der Waals surface area contributed by atoms with E-state index in [0.29, 0.717) is 44.2 Å². The van der Waals surface area contributed by atoms with Gasteiger partial charge in [0.15, 0.2) is 0 Å². The van der Waals surface area contributed by atoms with E-state index in [1.54, 1.807) is 18.3 Å². The van der Waals surface area contributed by atoms with Crippen molar-refractivity contribution >= 4 is 24.0 Å². The number of hydrogen-bond donors (Lipinski definition) is 0. The van der Waals surface area contributed by atoms with Gasteiger partial charge in [0.05, 0.1) is 26.4 Å². The summed E-state index contributed by atoms with van der Waals surface area (Å²) in [5, 5.41) is 0. The van der Waals surface area contributed by atoms with Crippen molar-refractivity contribution in [2.45, 2.75) is 26.2 Å². The number of piperidine rings is 1. The normalized spacial score (nSPS) is 17.1. The second-order valence-electron chi connectivity index (χ2n) is 9.29. The van der Waals surface area contributed by atoms with Crippen molar-refractivity contribution in [3.8, 4) is 17.6 Å². The third-order valence-electron chi connectivity index (χ3n) is 7.05. The second-order valence-corrected chi connectivity index (χ2v) is 9.29. The summed E-state index contributed by atoms with van der Waals surface area (Å²) in [6.45, 7) is 5.30. The van der Waals surface area contributed by atoms with Gasteiger partial charge in [-0.25, -0.2) is 4.98 Å². The average Bonchev–Trinajstić information content (AvgIpc) is 3.35. The van der Waals surface area contributed by atoms with Gasteiger partial charge < -0.3 is 24.0 Å². The Morgan fingerprint density at radius 3 is 2.27 bits per heavy atom. The summed E-state index contributed by atoms with van der Waals surface area (Å²) in [7, 11) is 3.00. The van der Waals surface area contributed by atoms with Gasteiger partial charge in [0.2, 0.25) is 17.7 Å². The standard InChI is InChI=1S/C28H34N4O5/c1-4-37-23-8-6-5-7-21(23)9-11-24(33)31-16-13-28(14-17-31)15-18-32(20-28)25(34)12-10-22-19-29-27(36-3)30-26(22)35-2/h5-12,19H,4,13-18,20H2,1-3H3. The van der Waals surface area contributed by atoms with Crippen molar-refractivity contribution in [3.05, 3.63) is 53.7 Å². The highest BCUT2D eigenvalue weighted by Crippen LogP contribution is 2.40. The maximum Gasteiger partial charge on any atom is 0.319 e. The number of carbonyl (C=O) groups is 2. The first-order valence-electron chi connectivity index (χ1n) is 12.6. The van der Waals surface area contributed by atoms with E-state index >= 15 is 0 Å². The van der Waals surface area contributed by atoms with Gasteiger partial charge in [-0.05, 0) is 49.8 Å². The van der Waals surface area contributed by atoms with Gasteiger partial charge in [0.25, 0.3) is 0 Å². The second kappa shape index (κ2) is 11.9. The van der Waals surface area contributed by atoms with Crippen LogP contribution in [0.25, 0.3) is 12.2 Å². The summed E-state index contributed by atoms with van der Waals surface area (Å²) < 4.78 is 15.9. The first-order valence-corrected chi connectivity index (χ1v) is 12.6. The maximum absolute atomic E-state index is 12.9. The number of hydrogen-bond acceptors (Lipinski definition) is 7. The number of likely N-dealkylation sites (tertiary alicyclic amines) is 2. The number of ether oxygens (including phenoxy) is 3. The van der Waals surface area contributed by atoms with Crippen molar-refractivity contribution in [1.82, 2.24) is 19.8 Å². The van der Waals surface area contributed by atoms with E-state index in [0.717, 1.165) is 30.6 Å². The number of benzene rings is 1. The number of carbonyl (C=O) groups excluding carboxylic acids is 2. The molecule has 3 heterocycles. The number of aromatic nitrogens is 2. The van der Waals surface area contributed by atoms with Gasteiger partial charge in [-0.2, -0.15) is 4.98 Å². The fourth-order valence-electron chi connectivity index (χ4n) is 4.91. The van der Waals surface area contributed by atoms with E-state index in [2.05, 4.69) is 9.97 Å². The molecule has 0 N–H and O–H groups in total. The Morgan fingerprint density at radius 1 is 0.946 bits per heavy atom. The molecule has 2 aliphatic rings. The minimum atomic E-state index is -0.0517. The Kier molecular flexibility index (Phi) is 8.43. The molecule has 0 saturated carbocycles. The number of nitrogens with zero attached hydrogens (tertiary/aromatic N) is 4. The van der Waals surface area contributed by atoms with Crippen LogP contribution in [0.5, 0.6) is 17.6 Å². The van der Waals surface area contributed by atoms with Crippen molar-refractivity contribution in [2.24, 2.45) is 5.41 Å². The molecule has 0 unspecified atom stereocenters. The molecular weight excluding hydrogens is 472 g/mol. The van der Waals surface area contributed by atoms with E-state index < -0.39 is 0 Å². The SMILES string of the molecule is CCOc1ccccc1C=CC(=O)N1CCC2(CC1)CCN(C(=O)C=Cc1cnc(OC)nc1OC)C2. The monoisotopic (exact) mass is 506 g/mol. The van der Waals surface area contributed by atoms with E-state index in [1.165, 1.54) is 20.3 Å². The topological polar surface area (TPSA) is 94.1 Å². The van der Waals surface area contributed by atoms with Gasteiger partial charge in [0, 0.05) is 50.1 Å². The molecule has 9 nitrogen and oxygen atoms in total. The molecule has 0 atom stereocenters. The van der Waals surface area contributed by atoms with E-state index in [4.69, 9.17) is 14.2 Å². The van der Waals surface area contributed by atoms with Crippen LogP contribution in [0.2, 0.25) is 0 Å². The van der Waals surface area contributed by atoms with E-state index in [-0.39, 0.29) is 23.2 Å². The minimum absolute atomic E-state index is 0.00525. The predicted octanol–water partition coefficient (Wildman–Crippen LogP) is 3.46. The summed E-state index contributed by atoms with van der Waals surface area (Å²) in [5.74, 6) is 1.07. The molecule has 2 amide bonds. The van der Waals surface area contributed by atoms with Crippen LogP contribution >= 0.6 is 0 Å². The summed E-state index contributed by atoms with van der Waals surface area (Å²) in [6.07, 6.45) is 10.9. The summed E-state index contributed by atoms with van der Waals surface area (Å²) in [4.78, 5) is 37.7. The Balaban J connectivity index is 1.31. The Morgan fingerprint density at radius 2 is 1.59 bits per heavy atom. The van der Waals surface area contributed by atoms with E-state index in [1.807, 2.05) is 47.1 Å². The molecule has 0 radical (unpaired) electrons. The van der Waals surface area contributed by atoms with Gasteiger partial charge in [-0.15, -0.1) is 0 Å². The van der Waals surface area contributed by atoms with Crippen LogP contribution < -0.4 is 14.2 Å². The van der Waals surface area contributed by atoms with Crippen LogP contribution in [0.1, 0.15) is 37.3 Å². The first kappa shape index (κ1) is 26.2. The summed E-state index contributed by atoms with van der Waals surface area (Å²) in [5.41, 5.74) is 1.56. The molecular formula is C28H34N4O5. The van der Waals surface area contributed by atoms with Gasteiger partial charge in [0.1, 0.15) is 5.75 Å². The Bertz CT molecular complexity index is 1170. The van der Waals surface area contributed by atoms with Crippen molar-refractivity contribution in [2.75, 3.05) is 47.0 Å². The van der Waals surface area contributed by atoms with Crippen molar-refractivity contribution < 1.29 is 23.8 Å². The third-order valence-corrected chi connectivity index (χ3v) is 7.05. The zero-order chi connectivity index (χ0) is 26.3. The van der Waals surface area contributed by atoms with Crippen LogP contribution in [0, 0.1) is 5.41 Å². The fourth-order valence-corrected chi connectivity index (χ4v) is 4.91. The number of rotatable bonds is 8. The lowest BCUT2D eigenvalue weighted by Gasteiger charge is -2.38. The first-order chi connectivity index (χ1) is 18.0. The molecule has 2 saturated heterocycles. The zero-order valence-corrected chi connectivity index (χ0v) is 21.7. The molecule has 2 aromatic rings. The number of amides is 2. The highest BCUT2D eigenvalue weighted by atomic mass is 16.5. The van der Waals surface area contributed by atoms with Crippen LogP contribution in [-0.4, -0.2) is 78.6 Å². The highest BCUT2D eigenvalue weighted by Gasteiger charge is 2.42. The molecule has 37 heavy (non-hydrogen) atoms. The largest absolute Gasteiger partial charge is 0.493 e. The van der Waals surface area contributed by atoms with Crippen LogP contribution in [0.4, 0.5) is 0 Å². The van der Waals surface area contributed by atoms with Crippen molar-refractivity contribution in [3.63, 3.8) is 0 Å². The summed E-state index contributed by atoms with van der Waals surface area (Å²) in [6, 6.07) is 7.90. The lowest BCUT2D eigenvalue weighted by molar-refractivity contribution is -0.129. The molecule has 1 aromatic heterocycles. The Labute approximate surface area is 217 Å². The van der Waals surface area contributed by atoms with Gasteiger partial charge >= 0.3 is 6.01 Å². The molecule has 9 heteroatoms. The lowest BCUT2D eigenvalue weighted by atomic mass is 9.78. The van der Waals surface area contributed by atoms with Gasteiger partial charge in [-0.3, -0.25) is 9.59 Å². The number of methoxy groups -OCH3 is 2. The molecule has 2 aliphatic heterocycles. The quantitative estimate of drug-likeness (QED) is 0.506. The molecule has 0 bridgehead atoms. The summed E-state index contributed by atoms with van der Waals surface area (Å²) >= 11 is 0. The lowest BCUT2D eigenvalue weighted by Crippen LogP contribution is -2.44. The van der Waals surface area contributed by atoms with Crippen LogP contribution in [0.3, 0.4) is 0 Å². The molecule has 196 valence electrons. The fraction of sp³-hybridized carbons (Fsp3) is 0.429. The Hall–Kier alpha value is -3.88. The third kappa shape index (κ3) is 6.28. The molecule has 4 rings (SSSR count). The van der Waals surface area contributed by atoms with E-state index in [9.17, 15) is 9.59 Å². The smallest absolute Gasteiger partial charge is 0.319 e. The number of para-hydroxylation sites is 1. The molecule has 2 fully saturated rings. The van der Waals surface area contributed by atoms with Crippen LogP contribution in [0.15, 0.2) is 42.6 Å². The average molecular weight is 507 g/mol. The molecule has 1 spiro atoms. The zero-order valence-electron chi connectivity index (χ0n) is 21.7. The van der Waals surface area contributed by atoms with Crippen molar-refractivity contribution in [1.29, 1.82) is 0 Å². The predicted molar refractivity (Wildman–Crippen MR) is 140 cm³/mol. The van der Waals surface area contributed by atoms with Gasteiger partial charge in [-0.1, -0.05) is 18.2 Å². The molecule has 1 aromatic carbocycles. The maximum atomic E-state index is 12.9. The van der Waals surface area contributed by atoms with Crippen LogP contribution in [-0.2, 0) is 9.59 Å².